The molecule has 2 saturated heterocycles. The molecular weight excluding hydrogens is 374 g/mol. The third-order valence-electron chi connectivity index (χ3n) is 5.97. The summed E-state index contributed by atoms with van der Waals surface area (Å²) in [6, 6.07) is 7.88. The number of amides is 1. The number of carbonyl (C=O) groups is 2. The largest absolute Gasteiger partial charge is 0.481 e. The molecule has 2 aliphatic heterocycles. The molecule has 0 aliphatic carbocycles. The van der Waals surface area contributed by atoms with Crippen molar-refractivity contribution in [3.63, 3.8) is 0 Å². The SMILES string of the molecule is Cc1cccc(-c2noc(CCCC(=O)N3C[C@@H]4CCOC[C@]4(C(=O)O)C3)n2)c1. The Labute approximate surface area is 168 Å². The van der Waals surface area contributed by atoms with Gasteiger partial charge in [0, 0.05) is 38.1 Å². The second-order valence-electron chi connectivity index (χ2n) is 8.01. The highest BCUT2D eigenvalue weighted by Crippen LogP contribution is 2.41. The average Bonchev–Trinajstić information content (AvgIpc) is 3.33. The van der Waals surface area contributed by atoms with E-state index in [1.54, 1.807) is 4.90 Å². The van der Waals surface area contributed by atoms with E-state index in [9.17, 15) is 14.7 Å². The van der Waals surface area contributed by atoms with E-state index in [0.29, 0.717) is 50.6 Å². The predicted octanol–water partition coefficient (Wildman–Crippen LogP) is 2.32. The fourth-order valence-electron chi connectivity index (χ4n) is 4.29. The summed E-state index contributed by atoms with van der Waals surface area (Å²) in [4.78, 5) is 30.5. The Morgan fingerprint density at radius 3 is 3.00 bits per heavy atom. The highest BCUT2D eigenvalue weighted by Gasteiger charge is 2.55. The molecular formula is C21H25N3O5. The minimum atomic E-state index is -0.955. The number of carbonyl (C=O) groups excluding carboxylic acids is 1. The van der Waals surface area contributed by atoms with Crippen molar-refractivity contribution in [2.24, 2.45) is 11.3 Å². The molecule has 2 aliphatic rings. The van der Waals surface area contributed by atoms with E-state index in [-0.39, 0.29) is 25.0 Å². The fourth-order valence-corrected chi connectivity index (χ4v) is 4.29. The second-order valence-corrected chi connectivity index (χ2v) is 8.01. The smallest absolute Gasteiger partial charge is 0.314 e. The van der Waals surface area contributed by atoms with Crippen LogP contribution in [-0.2, 0) is 20.7 Å². The number of fused-ring (bicyclic) bond motifs is 1. The van der Waals surface area contributed by atoms with Crippen LogP contribution in [0, 0.1) is 18.3 Å². The molecule has 0 spiro atoms. The number of nitrogens with zero attached hydrogens (tertiary/aromatic N) is 3. The Kier molecular flexibility index (Phi) is 5.36. The lowest BCUT2D eigenvalue weighted by Crippen LogP contribution is -2.46. The molecule has 1 aromatic heterocycles. The Bertz CT molecular complexity index is 911. The molecule has 0 radical (unpaired) electrons. The predicted molar refractivity (Wildman–Crippen MR) is 103 cm³/mol. The maximum Gasteiger partial charge on any atom is 0.314 e. The number of ether oxygens (including phenoxy) is 1. The van der Waals surface area contributed by atoms with Gasteiger partial charge in [-0.2, -0.15) is 4.98 Å². The molecule has 2 atom stereocenters. The Morgan fingerprint density at radius 2 is 2.24 bits per heavy atom. The van der Waals surface area contributed by atoms with Gasteiger partial charge in [-0.15, -0.1) is 0 Å². The van der Waals surface area contributed by atoms with Gasteiger partial charge in [-0.3, -0.25) is 9.59 Å². The molecule has 8 nitrogen and oxygen atoms in total. The van der Waals surface area contributed by atoms with Crippen LogP contribution in [0.1, 0.15) is 30.7 Å². The van der Waals surface area contributed by atoms with Gasteiger partial charge in [0.2, 0.25) is 17.6 Å². The van der Waals surface area contributed by atoms with E-state index in [4.69, 9.17) is 9.26 Å². The second kappa shape index (κ2) is 7.94. The van der Waals surface area contributed by atoms with Gasteiger partial charge in [0.25, 0.3) is 0 Å². The maximum atomic E-state index is 12.6. The number of carboxylic acid groups (broad SMARTS) is 1. The van der Waals surface area contributed by atoms with Crippen molar-refractivity contribution < 1.29 is 24.0 Å². The van der Waals surface area contributed by atoms with Gasteiger partial charge in [0.1, 0.15) is 5.41 Å². The van der Waals surface area contributed by atoms with Crippen molar-refractivity contribution in [1.82, 2.24) is 15.0 Å². The first-order chi connectivity index (χ1) is 14.0. The number of hydrogen-bond acceptors (Lipinski definition) is 6. The van der Waals surface area contributed by atoms with Gasteiger partial charge in [-0.05, 0) is 31.7 Å². The quantitative estimate of drug-likeness (QED) is 0.794. The average molecular weight is 399 g/mol. The molecule has 8 heteroatoms. The molecule has 154 valence electrons. The van der Waals surface area contributed by atoms with Crippen molar-refractivity contribution in [2.75, 3.05) is 26.3 Å². The standard InChI is InChI=1S/C21H25N3O5/c1-14-4-2-5-15(10-14)19-22-17(29-23-19)6-3-7-18(25)24-11-16-8-9-28-13-21(16,12-24)20(26)27/h2,4-5,10,16H,3,6-9,11-13H2,1H3,(H,26,27)/t16-,21+/m0/s1. The van der Waals surface area contributed by atoms with Gasteiger partial charge in [-0.1, -0.05) is 28.9 Å². The zero-order valence-corrected chi connectivity index (χ0v) is 16.5. The van der Waals surface area contributed by atoms with E-state index in [1.807, 2.05) is 31.2 Å². The van der Waals surface area contributed by atoms with Crippen LogP contribution in [0.4, 0.5) is 0 Å². The molecule has 4 rings (SSSR count). The Hall–Kier alpha value is -2.74. The minimum Gasteiger partial charge on any atom is -0.481 e. The number of aromatic nitrogens is 2. The number of carboxylic acids is 1. The molecule has 1 aromatic carbocycles. The Balaban J connectivity index is 1.31. The molecule has 29 heavy (non-hydrogen) atoms. The van der Waals surface area contributed by atoms with Gasteiger partial charge in [0.15, 0.2) is 0 Å². The summed E-state index contributed by atoms with van der Waals surface area (Å²) < 4.78 is 10.7. The number of aliphatic carboxylic acids is 1. The summed E-state index contributed by atoms with van der Waals surface area (Å²) in [5, 5.41) is 13.7. The van der Waals surface area contributed by atoms with Crippen LogP contribution >= 0.6 is 0 Å². The van der Waals surface area contributed by atoms with E-state index in [2.05, 4.69) is 10.1 Å². The zero-order chi connectivity index (χ0) is 20.4. The maximum absolute atomic E-state index is 12.6. The number of rotatable bonds is 6. The summed E-state index contributed by atoms with van der Waals surface area (Å²) in [6.45, 7) is 3.46. The molecule has 3 heterocycles. The lowest BCUT2D eigenvalue weighted by molar-refractivity contribution is -0.159. The van der Waals surface area contributed by atoms with E-state index < -0.39 is 11.4 Å². The van der Waals surface area contributed by atoms with Crippen molar-refractivity contribution >= 4 is 11.9 Å². The summed E-state index contributed by atoms with van der Waals surface area (Å²) >= 11 is 0. The molecule has 2 aromatic rings. The van der Waals surface area contributed by atoms with Crippen LogP contribution < -0.4 is 0 Å². The summed E-state index contributed by atoms with van der Waals surface area (Å²) in [5.41, 5.74) is 1.07. The van der Waals surface area contributed by atoms with Crippen LogP contribution in [0.15, 0.2) is 28.8 Å². The van der Waals surface area contributed by atoms with E-state index in [1.165, 1.54) is 0 Å². The lowest BCUT2D eigenvalue weighted by Gasteiger charge is -2.33. The normalized spacial score (nSPS) is 23.8. The molecule has 1 amide bonds. The Morgan fingerprint density at radius 1 is 1.38 bits per heavy atom. The number of benzene rings is 1. The van der Waals surface area contributed by atoms with Crippen molar-refractivity contribution in [3.05, 3.63) is 35.7 Å². The minimum absolute atomic E-state index is 0.0292. The number of likely N-dealkylation sites (tertiary alicyclic amines) is 1. The van der Waals surface area contributed by atoms with Gasteiger partial charge in [-0.25, -0.2) is 0 Å². The molecule has 0 bridgehead atoms. The van der Waals surface area contributed by atoms with Gasteiger partial charge >= 0.3 is 5.97 Å². The van der Waals surface area contributed by atoms with Crippen LogP contribution in [0.25, 0.3) is 11.4 Å². The third kappa shape index (κ3) is 3.89. The first-order valence-electron chi connectivity index (χ1n) is 9.96. The molecule has 0 saturated carbocycles. The molecule has 1 N–H and O–H groups in total. The fraction of sp³-hybridized carbons (Fsp3) is 0.524. The highest BCUT2D eigenvalue weighted by molar-refractivity contribution is 5.81. The highest BCUT2D eigenvalue weighted by atomic mass is 16.5. The van der Waals surface area contributed by atoms with E-state index >= 15 is 0 Å². The monoisotopic (exact) mass is 399 g/mol. The van der Waals surface area contributed by atoms with Crippen molar-refractivity contribution in [2.45, 2.75) is 32.6 Å². The van der Waals surface area contributed by atoms with Crippen LogP contribution in [0.5, 0.6) is 0 Å². The third-order valence-corrected chi connectivity index (χ3v) is 5.97. The molecule has 2 fully saturated rings. The lowest BCUT2D eigenvalue weighted by atomic mass is 9.76. The number of hydrogen-bond donors (Lipinski definition) is 1. The van der Waals surface area contributed by atoms with Gasteiger partial charge < -0.3 is 19.3 Å². The first-order valence-corrected chi connectivity index (χ1v) is 9.96. The van der Waals surface area contributed by atoms with Crippen molar-refractivity contribution in [1.29, 1.82) is 0 Å². The summed E-state index contributed by atoms with van der Waals surface area (Å²) in [7, 11) is 0. The van der Waals surface area contributed by atoms with Gasteiger partial charge in [0.05, 0.1) is 6.61 Å². The first kappa shape index (κ1) is 19.6. The summed E-state index contributed by atoms with van der Waals surface area (Å²) in [5.74, 6) is 0.109. The summed E-state index contributed by atoms with van der Waals surface area (Å²) in [6.07, 6.45) is 2.09. The molecule has 0 unspecified atom stereocenters. The van der Waals surface area contributed by atoms with E-state index in [0.717, 1.165) is 11.1 Å². The van der Waals surface area contributed by atoms with Crippen LogP contribution in [0.3, 0.4) is 0 Å². The van der Waals surface area contributed by atoms with Crippen LogP contribution in [0.2, 0.25) is 0 Å². The zero-order valence-electron chi connectivity index (χ0n) is 16.5. The number of aryl methyl sites for hydroxylation is 2. The van der Waals surface area contributed by atoms with Crippen molar-refractivity contribution in [3.8, 4) is 11.4 Å². The van der Waals surface area contributed by atoms with Crippen LogP contribution in [-0.4, -0.2) is 58.3 Å². The topological polar surface area (TPSA) is 106 Å².